The molecular weight excluding hydrogens is 214 g/mol. The van der Waals surface area contributed by atoms with E-state index in [1.54, 1.807) is 26.2 Å². The minimum atomic E-state index is -0.262. The number of carbonyl (C=O) groups excluding carboxylic acids is 1. The summed E-state index contributed by atoms with van der Waals surface area (Å²) in [6, 6.07) is 1.52. The SMILES string of the molecule is CNC(C)C(=O)Nc1cc(C)cnc1Cl. The molecule has 1 aromatic heterocycles. The summed E-state index contributed by atoms with van der Waals surface area (Å²) in [4.78, 5) is 15.5. The van der Waals surface area contributed by atoms with Crippen LogP contribution in [0.25, 0.3) is 0 Å². The molecule has 0 saturated heterocycles. The molecule has 4 nitrogen and oxygen atoms in total. The molecule has 0 saturated carbocycles. The number of halogens is 1. The highest BCUT2D eigenvalue weighted by molar-refractivity contribution is 6.32. The Kier molecular flexibility index (Phi) is 4.05. The summed E-state index contributed by atoms with van der Waals surface area (Å²) in [5.41, 5.74) is 1.50. The standard InChI is InChI=1S/C10H14ClN3O/c1-6-4-8(9(11)13-5-6)14-10(15)7(2)12-3/h4-5,7,12H,1-3H3,(H,14,15). The Morgan fingerprint density at radius 2 is 2.27 bits per heavy atom. The Morgan fingerprint density at radius 1 is 1.60 bits per heavy atom. The number of pyridine rings is 1. The van der Waals surface area contributed by atoms with Gasteiger partial charge in [0.2, 0.25) is 5.91 Å². The molecule has 1 unspecified atom stereocenters. The van der Waals surface area contributed by atoms with Gasteiger partial charge in [0, 0.05) is 6.20 Å². The van der Waals surface area contributed by atoms with Crippen LogP contribution in [-0.4, -0.2) is 24.0 Å². The average molecular weight is 228 g/mol. The van der Waals surface area contributed by atoms with Gasteiger partial charge in [-0.05, 0) is 32.5 Å². The lowest BCUT2D eigenvalue weighted by molar-refractivity contribution is -0.117. The molecule has 1 atom stereocenters. The Labute approximate surface area is 94.0 Å². The molecule has 1 amide bonds. The van der Waals surface area contributed by atoms with Crippen molar-refractivity contribution in [2.75, 3.05) is 12.4 Å². The minimum absolute atomic E-state index is 0.133. The van der Waals surface area contributed by atoms with E-state index in [0.29, 0.717) is 10.8 Å². The van der Waals surface area contributed by atoms with Crippen molar-refractivity contribution in [3.63, 3.8) is 0 Å². The number of nitrogens with one attached hydrogen (secondary N) is 2. The zero-order valence-electron chi connectivity index (χ0n) is 8.97. The third-order valence-corrected chi connectivity index (χ3v) is 2.36. The number of rotatable bonds is 3. The molecule has 0 aliphatic carbocycles. The maximum atomic E-state index is 11.5. The molecule has 0 spiro atoms. The van der Waals surface area contributed by atoms with Gasteiger partial charge in [0.15, 0.2) is 5.15 Å². The number of hydrogen-bond acceptors (Lipinski definition) is 3. The van der Waals surface area contributed by atoms with E-state index in [1.807, 2.05) is 6.92 Å². The van der Waals surface area contributed by atoms with Crippen molar-refractivity contribution in [2.24, 2.45) is 0 Å². The van der Waals surface area contributed by atoms with Crippen LogP contribution in [0.4, 0.5) is 5.69 Å². The zero-order chi connectivity index (χ0) is 11.4. The highest BCUT2D eigenvalue weighted by Crippen LogP contribution is 2.19. The van der Waals surface area contributed by atoms with Crippen molar-refractivity contribution >= 4 is 23.2 Å². The van der Waals surface area contributed by atoms with Gasteiger partial charge in [0.1, 0.15) is 0 Å². The first-order valence-electron chi connectivity index (χ1n) is 4.65. The Morgan fingerprint density at radius 3 is 2.87 bits per heavy atom. The van der Waals surface area contributed by atoms with E-state index < -0.39 is 0 Å². The number of anilines is 1. The molecule has 0 fully saturated rings. The van der Waals surface area contributed by atoms with Crippen LogP contribution in [0.1, 0.15) is 12.5 Å². The predicted molar refractivity (Wildman–Crippen MR) is 61.1 cm³/mol. The van der Waals surface area contributed by atoms with Crippen LogP contribution in [-0.2, 0) is 4.79 Å². The van der Waals surface area contributed by atoms with E-state index in [9.17, 15) is 4.79 Å². The molecule has 0 bridgehead atoms. The fraction of sp³-hybridized carbons (Fsp3) is 0.400. The van der Waals surface area contributed by atoms with Crippen molar-refractivity contribution in [3.8, 4) is 0 Å². The van der Waals surface area contributed by atoms with Crippen LogP contribution in [0.3, 0.4) is 0 Å². The van der Waals surface area contributed by atoms with E-state index in [4.69, 9.17) is 11.6 Å². The quantitative estimate of drug-likeness (QED) is 0.772. The lowest BCUT2D eigenvalue weighted by atomic mass is 10.2. The average Bonchev–Trinajstić information content (AvgIpc) is 2.22. The number of likely N-dealkylation sites (N-methyl/N-ethyl adjacent to an activating group) is 1. The van der Waals surface area contributed by atoms with Gasteiger partial charge in [-0.1, -0.05) is 11.6 Å². The summed E-state index contributed by atoms with van der Waals surface area (Å²) in [6.07, 6.45) is 1.65. The van der Waals surface area contributed by atoms with Gasteiger partial charge in [-0.15, -0.1) is 0 Å². The van der Waals surface area contributed by atoms with Crippen LogP contribution >= 0.6 is 11.6 Å². The van der Waals surface area contributed by atoms with Crippen molar-refractivity contribution in [1.29, 1.82) is 0 Å². The normalized spacial score (nSPS) is 12.3. The summed E-state index contributed by atoms with van der Waals surface area (Å²) in [5.74, 6) is -0.133. The highest BCUT2D eigenvalue weighted by Gasteiger charge is 2.12. The second-order valence-electron chi connectivity index (χ2n) is 3.35. The number of aromatic nitrogens is 1. The van der Waals surface area contributed by atoms with Crippen molar-refractivity contribution in [1.82, 2.24) is 10.3 Å². The van der Waals surface area contributed by atoms with Gasteiger partial charge in [-0.2, -0.15) is 0 Å². The van der Waals surface area contributed by atoms with Crippen LogP contribution < -0.4 is 10.6 Å². The van der Waals surface area contributed by atoms with Crippen LogP contribution in [0, 0.1) is 6.92 Å². The number of hydrogen-bond donors (Lipinski definition) is 2. The maximum Gasteiger partial charge on any atom is 0.241 e. The van der Waals surface area contributed by atoms with E-state index >= 15 is 0 Å². The molecule has 5 heteroatoms. The fourth-order valence-electron chi connectivity index (χ4n) is 1.01. The third kappa shape index (κ3) is 3.18. The van der Waals surface area contributed by atoms with Crippen LogP contribution in [0.2, 0.25) is 5.15 Å². The molecule has 1 heterocycles. The molecule has 0 radical (unpaired) electrons. The molecule has 82 valence electrons. The predicted octanol–water partition coefficient (Wildman–Crippen LogP) is 1.59. The van der Waals surface area contributed by atoms with E-state index in [0.717, 1.165) is 5.56 Å². The van der Waals surface area contributed by atoms with Gasteiger partial charge >= 0.3 is 0 Å². The van der Waals surface area contributed by atoms with Gasteiger partial charge in [0.05, 0.1) is 11.7 Å². The van der Waals surface area contributed by atoms with Gasteiger partial charge in [0.25, 0.3) is 0 Å². The Hall–Kier alpha value is -1.13. The number of amides is 1. The molecule has 1 rings (SSSR count). The van der Waals surface area contributed by atoms with Crippen molar-refractivity contribution < 1.29 is 4.79 Å². The molecule has 1 aromatic rings. The topological polar surface area (TPSA) is 54.0 Å². The minimum Gasteiger partial charge on any atom is -0.322 e. The van der Waals surface area contributed by atoms with Crippen molar-refractivity contribution in [3.05, 3.63) is 23.0 Å². The maximum absolute atomic E-state index is 11.5. The van der Waals surface area contributed by atoms with Crippen LogP contribution in [0.5, 0.6) is 0 Å². The molecule has 0 aromatic carbocycles. The van der Waals surface area contributed by atoms with E-state index in [-0.39, 0.29) is 11.9 Å². The first-order chi connectivity index (χ1) is 7.04. The fourth-order valence-corrected chi connectivity index (χ4v) is 1.16. The monoisotopic (exact) mass is 227 g/mol. The molecular formula is C10H14ClN3O. The van der Waals surface area contributed by atoms with E-state index in [1.165, 1.54) is 0 Å². The molecule has 0 aliphatic rings. The van der Waals surface area contributed by atoms with Crippen molar-refractivity contribution in [2.45, 2.75) is 19.9 Å². The number of aryl methyl sites for hydroxylation is 1. The Bertz CT molecular complexity index is 368. The summed E-state index contributed by atoms with van der Waals surface area (Å²) in [6.45, 7) is 3.66. The number of carbonyl (C=O) groups is 1. The lowest BCUT2D eigenvalue weighted by Gasteiger charge is -2.11. The first-order valence-corrected chi connectivity index (χ1v) is 5.02. The summed E-state index contributed by atoms with van der Waals surface area (Å²) in [5, 5.41) is 5.85. The van der Waals surface area contributed by atoms with Crippen LogP contribution in [0.15, 0.2) is 12.3 Å². The van der Waals surface area contributed by atoms with Gasteiger partial charge in [-0.3, -0.25) is 4.79 Å². The largest absolute Gasteiger partial charge is 0.322 e. The second kappa shape index (κ2) is 5.09. The Balaban J connectivity index is 2.80. The van der Waals surface area contributed by atoms with Gasteiger partial charge < -0.3 is 10.6 Å². The van der Waals surface area contributed by atoms with Gasteiger partial charge in [-0.25, -0.2) is 4.98 Å². The molecule has 15 heavy (non-hydrogen) atoms. The van der Waals surface area contributed by atoms with E-state index in [2.05, 4.69) is 15.6 Å². The summed E-state index contributed by atoms with van der Waals surface area (Å²) < 4.78 is 0. The third-order valence-electron chi connectivity index (χ3n) is 2.06. The summed E-state index contributed by atoms with van der Waals surface area (Å²) in [7, 11) is 1.72. The smallest absolute Gasteiger partial charge is 0.241 e. The molecule has 2 N–H and O–H groups in total. The summed E-state index contributed by atoms with van der Waals surface area (Å²) >= 11 is 5.84. The second-order valence-corrected chi connectivity index (χ2v) is 3.71. The number of nitrogens with zero attached hydrogens (tertiary/aromatic N) is 1. The zero-order valence-corrected chi connectivity index (χ0v) is 9.72. The lowest BCUT2D eigenvalue weighted by Crippen LogP contribution is -2.35. The first kappa shape index (κ1) is 11.9. The highest BCUT2D eigenvalue weighted by atomic mass is 35.5. The molecule has 0 aliphatic heterocycles.